The second-order valence-electron chi connectivity index (χ2n) is 5.10. The summed E-state index contributed by atoms with van der Waals surface area (Å²) in [6.45, 7) is 5.84. The number of aryl methyl sites for hydroxylation is 1. The van der Waals surface area contributed by atoms with Gasteiger partial charge in [0, 0.05) is 35.2 Å². The van der Waals surface area contributed by atoms with Gasteiger partial charge in [-0.05, 0) is 43.7 Å². The predicted octanol–water partition coefficient (Wildman–Crippen LogP) is 4.86. The zero-order valence-corrected chi connectivity index (χ0v) is 14.1. The van der Waals surface area contributed by atoms with Gasteiger partial charge in [0.25, 0.3) is 0 Å². The molecule has 0 atom stereocenters. The van der Waals surface area contributed by atoms with Gasteiger partial charge in [0.15, 0.2) is 5.78 Å². The zero-order valence-electron chi connectivity index (χ0n) is 12.5. The number of halogens is 1. The molecule has 0 radical (unpaired) electrons. The van der Waals surface area contributed by atoms with E-state index in [1.165, 1.54) is 11.3 Å². The average Bonchev–Trinajstić information content (AvgIpc) is 2.48. The second-order valence-corrected chi connectivity index (χ2v) is 6.02. The summed E-state index contributed by atoms with van der Waals surface area (Å²) in [5, 5.41) is 0. The Morgan fingerprint density at radius 3 is 2.57 bits per heavy atom. The molecule has 0 aliphatic rings. The van der Waals surface area contributed by atoms with Crippen molar-refractivity contribution >= 4 is 27.4 Å². The highest BCUT2D eigenvalue weighted by Crippen LogP contribution is 2.17. The molecule has 0 fully saturated rings. The van der Waals surface area contributed by atoms with Crippen LogP contribution in [0.25, 0.3) is 0 Å². The van der Waals surface area contributed by atoms with Crippen molar-refractivity contribution in [2.45, 2.75) is 20.3 Å². The summed E-state index contributed by atoms with van der Waals surface area (Å²) in [6.07, 6.45) is 0.526. The number of benzene rings is 2. The highest BCUT2D eigenvalue weighted by molar-refractivity contribution is 9.10. The van der Waals surface area contributed by atoms with E-state index in [2.05, 4.69) is 58.9 Å². The highest BCUT2D eigenvalue weighted by atomic mass is 79.9. The lowest BCUT2D eigenvalue weighted by atomic mass is 10.1. The summed E-state index contributed by atoms with van der Waals surface area (Å²) < 4.78 is 0.944. The van der Waals surface area contributed by atoms with Crippen LogP contribution in [0.3, 0.4) is 0 Å². The number of nitrogens with zero attached hydrogens (tertiary/aromatic N) is 1. The van der Waals surface area contributed by atoms with E-state index in [9.17, 15) is 4.79 Å². The molecule has 2 aromatic rings. The summed E-state index contributed by atoms with van der Waals surface area (Å²) >= 11 is 3.41. The molecular formula is C18H20BrNO. The van der Waals surface area contributed by atoms with Crippen molar-refractivity contribution in [1.82, 2.24) is 0 Å². The van der Waals surface area contributed by atoms with Crippen LogP contribution in [0.5, 0.6) is 0 Å². The van der Waals surface area contributed by atoms with Gasteiger partial charge in [-0.3, -0.25) is 4.79 Å². The fourth-order valence-corrected chi connectivity index (χ4v) is 2.74. The lowest BCUT2D eigenvalue weighted by molar-refractivity contribution is 0.0984. The van der Waals surface area contributed by atoms with Crippen molar-refractivity contribution in [1.29, 1.82) is 0 Å². The maximum absolute atomic E-state index is 12.3. The van der Waals surface area contributed by atoms with Gasteiger partial charge in [-0.1, -0.05) is 40.2 Å². The first-order chi connectivity index (χ1) is 10.1. The van der Waals surface area contributed by atoms with E-state index in [1.54, 1.807) is 0 Å². The van der Waals surface area contributed by atoms with E-state index in [0.29, 0.717) is 6.42 Å². The number of ketones is 1. The van der Waals surface area contributed by atoms with E-state index in [0.717, 1.165) is 23.1 Å². The molecule has 0 heterocycles. The topological polar surface area (TPSA) is 20.3 Å². The van der Waals surface area contributed by atoms with Crippen LogP contribution in [-0.4, -0.2) is 18.9 Å². The third-order valence-electron chi connectivity index (χ3n) is 3.50. The quantitative estimate of drug-likeness (QED) is 0.697. The normalized spacial score (nSPS) is 10.4. The Morgan fingerprint density at radius 1 is 1.14 bits per heavy atom. The molecule has 0 N–H and O–H groups in total. The molecule has 110 valence electrons. The van der Waals surface area contributed by atoms with Gasteiger partial charge in [0.1, 0.15) is 0 Å². The third-order valence-corrected chi connectivity index (χ3v) is 4.00. The minimum Gasteiger partial charge on any atom is -0.371 e. The Hall–Kier alpha value is -1.61. The van der Waals surface area contributed by atoms with Crippen molar-refractivity contribution < 1.29 is 4.79 Å². The molecule has 0 bridgehead atoms. The molecule has 0 aliphatic heterocycles. The molecule has 0 aliphatic carbocycles. The number of hydrogen-bond donors (Lipinski definition) is 0. The van der Waals surface area contributed by atoms with Gasteiger partial charge in [-0.2, -0.15) is 0 Å². The van der Waals surface area contributed by atoms with Gasteiger partial charge < -0.3 is 4.90 Å². The number of rotatable bonds is 6. The van der Waals surface area contributed by atoms with Gasteiger partial charge >= 0.3 is 0 Å². The first-order valence-electron chi connectivity index (χ1n) is 7.20. The van der Waals surface area contributed by atoms with E-state index in [4.69, 9.17) is 0 Å². The predicted molar refractivity (Wildman–Crippen MR) is 92.2 cm³/mol. The van der Waals surface area contributed by atoms with Gasteiger partial charge in [-0.25, -0.2) is 0 Å². The number of carbonyl (C=O) groups is 1. The van der Waals surface area contributed by atoms with Crippen molar-refractivity contribution in [2.75, 3.05) is 18.0 Å². The van der Waals surface area contributed by atoms with Crippen molar-refractivity contribution in [3.63, 3.8) is 0 Å². The molecular weight excluding hydrogens is 326 g/mol. The highest BCUT2D eigenvalue weighted by Gasteiger charge is 2.10. The van der Waals surface area contributed by atoms with Gasteiger partial charge in [0.05, 0.1) is 0 Å². The summed E-state index contributed by atoms with van der Waals surface area (Å²) in [5.41, 5.74) is 3.19. The fraction of sp³-hybridized carbons (Fsp3) is 0.278. The third kappa shape index (κ3) is 4.43. The number of anilines is 1. The van der Waals surface area contributed by atoms with E-state index in [-0.39, 0.29) is 5.78 Å². The van der Waals surface area contributed by atoms with Crippen LogP contribution < -0.4 is 4.90 Å². The van der Waals surface area contributed by atoms with E-state index >= 15 is 0 Å². The Labute approximate surface area is 134 Å². The minimum atomic E-state index is 0.183. The van der Waals surface area contributed by atoms with Crippen LogP contribution >= 0.6 is 15.9 Å². The minimum absolute atomic E-state index is 0.183. The van der Waals surface area contributed by atoms with Crippen LogP contribution in [0, 0.1) is 6.92 Å². The molecule has 0 saturated heterocycles. The zero-order chi connectivity index (χ0) is 15.2. The number of Topliss-reactive ketones (excluding diaryl/α,β-unsaturated/α-hetero) is 1. The molecule has 0 aromatic heterocycles. The summed E-state index contributed by atoms with van der Waals surface area (Å²) in [6, 6.07) is 16.0. The fourth-order valence-electron chi connectivity index (χ4n) is 2.34. The molecule has 0 spiro atoms. The summed E-state index contributed by atoms with van der Waals surface area (Å²) in [5.74, 6) is 0.183. The smallest absolute Gasteiger partial charge is 0.164 e. The van der Waals surface area contributed by atoms with Crippen LogP contribution in [0.1, 0.15) is 29.3 Å². The molecule has 3 heteroatoms. The van der Waals surface area contributed by atoms with Crippen molar-refractivity contribution in [2.24, 2.45) is 0 Å². The summed E-state index contributed by atoms with van der Waals surface area (Å²) in [4.78, 5) is 14.5. The number of carbonyl (C=O) groups excluding carboxylic acids is 1. The van der Waals surface area contributed by atoms with Crippen LogP contribution in [-0.2, 0) is 0 Å². The van der Waals surface area contributed by atoms with Gasteiger partial charge in [0.2, 0.25) is 0 Å². The lowest BCUT2D eigenvalue weighted by Crippen LogP contribution is -2.25. The van der Waals surface area contributed by atoms with Crippen LogP contribution in [0.2, 0.25) is 0 Å². The Morgan fingerprint density at radius 2 is 1.90 bits per heavy atom. The monoisotopic (exact) mass is 345 g/mol. The summed E-state index contributed by atoms with van der Waals surface area (Å²) in [7, 11) is 0. The molecule has 2 nitrogen and oxygen atoms in total. The first-order valence-corrected chi connectivity index (χ1v) is 8.00. The van der Waals surface area contributed by atoms with E-state index in [1.807, 2.05) is 24.3 Å². The maximum atomic E-state index is 12.3. The molecule has 0 amide bonds. The Bertz CT molecular complexity index is 624. The standard InChI is InChI=1S/C18H20BrNO/c1-3-20(17-9-4-6-14(2)12-17)11-10-18(21)15-7-5-8-16(19)13-15/h4-9,12-13H,3,10-11H2,1-2H3. The largest absolute Gasteiger partial charge is 0.371 e. The van der Waals surface area contributed by atoms with E-state index < -0.39 is 0 Å². The lowest BCUT2D eigenvalue weighted by Gasteiger charge is -2.23. The Balaban J connectivity index is 2.02. The first kappa shape index (κ1) is 15.8. The average molecular weight is 346 g/mol. The van der Waals surface area contributed by atoms with Crippen LogP contribution in [0.4, 0.5) is 5.69 Å². The number of hydrogen-bond acceptors (Lipinski definition) is 2. The maximum Gasteiger partial charge on any atom is 0.164 e. The van der Waals surface area contributed by atoms with Crippen molar-refractivity contribution in [3.05, 3.63) is 64.1 Å². The van der Waals surface area contributed by atoms with Gasteiger partial charge in [-0.15, -0.1) is 0 Å². The SMILES string of the molecule is CCN(CCC(=O)c1cccc(Br)c1)c1cccc(C)c1. The molecule has 21 heavy (non-hydrogen) atoms. The molecule has 0 unspecified atom stereocenters. The van der Waals surface area contributed by atoms with Crippen molar-refractivity contribution in [3.8, 4) is 0 Å². The molecule has 2 rings (SSSR count). The Kier molecular flexibility index (Phi) is 5.57. The molecule has 2 aromatic carbocycles. The van der Waals surface area contributed by atoms with Crippen LogP contribution in [0.15, 0.2) is 53.0 Å². The molecule has 0 saturated carbocycles. The second kappa shape index (κ2) is 7.41.